The summed E-state index contributed by atoms with van der Waals surface area (Å²) in [6.45, 7) is 0.405. The van der Waals surface area contributed by atoms with Crippen molar-refractivity contribution in [3.05, 3.63) is 83.7 Å². The van der Waals surface area contributed by atoms with Crippen LogP contribution < -0.4 is 10.6 Å². The minimum absolute atomic E-state index is 0.00729. The minimum Gasteiger partial charge on any atom is -0.392 e. The third-order valence-electron chi connectivity index (χ3n) is 3.60. The van der Waals surface area contributed by atoms with Gasteiger partial charge in [-0.2, -0.15) is 0 Å². The highest BCUT2D eigenvalue weighted by molar-refractivity contribution is 5.93. The second-order valence-electron chi connectivity index (χ2n) is 5.44. The largest absolute Gasteiger partial charge is 0.392 e. The van der Waals surface area contributed by atoms with E-state index in [0.717, 1.165) is 16.8 Å². The number of aliphatic hydroxyl groups is 1. The number of benzene rings is 2. The lowest BCUT2D eigenvalue weighted by molar-refractivity contribution is 0.0950. The molecule has 3 N–H and O–H groups in total. The fraction of sp³-hybridized carbons (Fsp3) is 0.105. The highest BCUT2D eigenvalue weighted by Gasteiger charge is 2.07. The van der Waals surface area contributed by atoms with E-state index >= 15 is 0 Å². The Labute approximate surface area is 145 Å². The normalized spacial score (nSPS) is 10.3. The molecule has 0 saturated heterocycles. The molecule has 25 heavy (non-hydrogen) atoms. The number of nitrogens with zero attached hydrogens (tertiary/aromatic N) is 2. The molecule has 6 heteroatoms. The van der Waals surface area contributed by atoms with Crippen LogP contribution in [0, 0.1) is 0 Å². The van der Waals surface area contributed by atoms with Gasteiger partial charge in [0, 0.05) is 24.6 Å². The summed E-state index contributed by atoms with van der Waals surface area (Å²) in [4.78, 5) is 20.5. The second-order valence-corrected chi connectivity index (χ2v) is 5.44. The summed E-state index contributed by atoms with van der Waals surface area (Å²) in [6, 6.07) is 17.0. The number of amides is 1. The smallest absolute Gasteiger partial charge is 0.254 e. The van der Waals surface area contributed by atoms with E-state index in [2.05, 4.69) is 20.6 Å². The van der Waals surface area contributed by atoms with Gasteiger partial charge in [0.1, 0.15) is 0 Å². The van der Waals surface area contributed by atoms with Crippen LogP contribution in [0.25, 0.3) is 0 Å². The van der Waals surface area contributed by atoms with Crippen molar-refractivity contribution < 1.29 is 9.90 Å². The van der Waals surface area contributed by atoms with Crippen molar-refractivity contribution in [2.24, 2.45) is 0 Å². The Morgan fingerprint density at radius 2 is 1.56 bits per heavy atom. The minimum atomic E-state index is -0.238. The molecule has 0 spiro atoms. The summed E-state index contributed by atoms with van der Waals surface area (Å²) in [5.41, 5.74) is 3.07. The van der Waals surface area contributed by atoms with E-state index in [-0.39, 0.29) is 12.5 Å². The Bertz CT molecular complexity index is 818. The van der Waals surface area contributed by atoms with Crippen molar-refractivity contribution in [2.45, 2.75) is 13.2 Å². The first-order valence-corrected chi connectivity index (χ1v) is 7.85. The van der Waals surface area contributed by atoms with Crippen molar-refractivity contribution in [3.63, 3.8) is 0 Å². The topological polar surface area (TPSA) is 87.1 Å². The Kier molecular flexibility index (Phi) is 5.33. The third kappa shape index (κ3) is 4.62. The summed E-state index contributed by atoms with van der Waals surface area (Å²) < 4.78 is 0. The molecule has 126 valence electrons. The van der Waals surface area contributed by atoms with E-state index in [1.807, 2.05) is 54.6 Å². The second kappa shape index (κ2) is 8.03. The van der Waals surface area contributed by atoms with Crippen LogP contribution in [0.2, 0.25) is 0 Å². The number of anilines is 2. The molecule has 0 atom stereocenters. The van der Waals surface area contributed by atoms with Gasteiger partial charge < -0.3 is 15.7 Å². The molecule has 0 aliphatic heterocycles. The molecule has 1 aromatic heterocycles. The van der Waals surface area contributed by atoms with Gasteiger partial charge in [0.05, 0.1) is 12.2 Å². The Hall–Kier alpha value is -3.25. The average Bonchev–Trinajstić information content (AvgIpc) is 2.68. The van der Waals surface area contributed by atoms with Gasteiger partial charge >= 0.3 is 0 Å². The van der Waals surface area contributed by atoms with Crippen LogP contribution in [0.4, 0.5) is 11.6 Å². The number of rotatable bonds is 6. The molecular weight excluding hydrogens is 316 g/mol. The zero-order chi connectivity index (χ0) is 17.5. The molecule has 0 aliphatic carbocycles. The predicted octanol–water partition coefficient (Wildman–Crippen LogP) is 2.64. The van der Waals surface area contributed by atoms with Gasteiger partial charge in [-0.15, -0.1) is 0 Å². The molecule has 3 rings (SSSR count). The van der Waals surface area contributed by atoms with Crippen LogP contribution in [0.5, 0.6) is 0 Å². The fourth-order valence-corrected chi connectivity index (χ4v) is 2.21. The van der Waals surface area contributed by atoms with Crippen LogP contribution in [0.1, 0.15) is 21.5 Å². The molecule has 0 bridgehead atoms. The van der Waals surface area contributed by atoms with Crippen LogP contribution >= 0.6 is 0 Å². The number of hydrogen-bond donors (Lipinski definition) is 3. The van der Waals surface area contributed by atoms with E-state index in [4.69, 9.17) is 5.11 Å². The van der Waals surface area contributed by atoms with Gasteiger partial charge in [-0.1, -0.05) is 42.5 Å². The summed E-state index contributed by atoms with van der Waals surface area (Å²) in [7, 11) is 0. The standard InChI is InChI=1S/C19H18N4O2/c24-13-15-8-6-14(7-9-15)10-20-18(25)16-11-21-19(22-12-16)23-17-4-2-1-3-5-17/h1-9,11-12,24H,10,13H2,(H,20,25)(H,21,22,23). The summed E-state index contributed by atoms with van der Waals surface area (Å²) in [5.74, 6) is 0.194. The lowest BCUT2D eigenvalue weighted by Gasteiger charge is -2.07. The quantitative estimate of drug-likeness (QED) is 0.645. The molecule has 6 nitrogen and oxygen atoms in total. The number of aromatic nitrogens is 2. The average molecular weight is 334 g/mol. The Morgan fingerprint density at radius 3 is 2.20 bits per heavy atom. The summed E-state index contributed by atoms with van der Waals surface area (Å²) in [5, 5.41) is 14.9. The van der Waals surface area contributed by atoms with Gasteiger partial charge in [-0.3, -0.25) is 4.79 Å². The number of hydrogen-bond acceptors (Lipinski definition) is 5. The van der Waals surface area contributed by atoms with E-state index in [9.17, 15) is 4.79 Å². The first kappa shape index (κ1) is 16.6. The molecule has 0 unspecified atom stereocenters. The molecule has 1 amide bonds. The highest BCUT2D eigenvalue weighted by Crippen LogP contribution is 2.11. The van der Waals surface area contributed by atoms with Crippen molar-refractivity contribution >= 4 is 17.5 Å². The number of carbonyl (C=O) groups is 1. The molecular formula is C19H18N4O2. The third-order valence-corrected chi connectivity index (χ3v) is 3.60. The highest BCUT2D eigenvalue weighted by atomic mass is 16.3. The lowest BCUT2D eigenvalue weighted by Crippen LogP contribution is -2.23. The predicted molar refractivity (Wildman–Crippen MR) is 95.3 cm³/mol. The lowest BCUT2D eigenvalue weighted by atomic mass is 10.1. The zero-order valence-electron chi connectivity index (χ0n) is 13.5. The number of carbonyl (C=O) groups excluding carboxylic acids is 1. The number of para-hydroxylation sites is 1. The van der Waals surface area contributed by atoms with Gasteiger partial charge in [0.15, 0.2) is 0 Å². The molecule has 0 saturated carbocycles. The maximum Gasteiger partial charge on any atom is 0.254 e. The van der Waals surface area contributed by atoms with Gasteiger partial charge in [0.2, 0.25) is 5.95 Å². The maximum absolute atomic E-state index is 12.2. The van der Waals surface area contributed by atoms with E-state index in [1.54, 1.807) is 0 Å². The molecule has 1 heterocycles. The summed E-state index contributed by atoms with van der Waals surface area (Å²) >= 11 is 0. The van der Waals surface area contributed by atoms with E-state index in [0.29, 0.717) is 18.1 Å². The van der Waals surface area contributed by atoms with E-state index < -0.39 is 0 Å². The van der Waals surface area contributed by atoms with Crippen LogP contribution in [0.15, 0.2) is 67.0 Å². The Balaban J connectivity index is 1.56. The number of aliphatic hydroxyl groups excluding tert-OH is 1. The van der Waals surface area contributed by atoms with E-state index in [1.165, 1.54) is 12.4 Å². The molecule has 0 fully saturated rings. The first-order valence-electron chi connectivity index (χ1n) is 7.85. The van der Waals surface area contributed by atoms with Crippen LogP contribution in [0.3, 0.4) is 0 Å². The molecule has 0 radical (unpaired) electrons. The fourth-order valence-electron chi connectivity index (χ4n) is 2.21. The zero-order valence-corrected chi connectivity index (χ0v) is 13.5. The molecule has 0 aliphatic rings. The van der Waals surface area contributed by atoms with Crippen molar-refractivity contribution in [3.8, 4) is 0 Å². The van der Waals surface area contributed by atoms with Gasteiger partial charge in [0.25, 0.3) is 5.91 Å². The maximum atomic E-state index is 12.2. The molecule has 2 aromatic carbocycles. The van der Waals surface area contributed by atoms with Gasteiger partial charge in [-0.25, -0.2) is 9.97 Å². The van der Waals surface area contributed by atoms with Crippen molar-refractivity contribution in [1.29, 1.82) is 0 Å². The SMILES string of the molecule is O=C(NCc1ccc(CO)cc1)c1cnc(Nc2ccccc2)nc1. The van der Waals surface area contributed by atoms with Crippen molar-refractivity contribution in [2.75, 3.05) is 5.32 Å². The molecule has 3 aromatic rings. The van der Waals surface area contributed by atoms with Crippen LogP contribution in [-0.2, 0) is 13.2 Å². The summed E-state index contributed by atoms with van der Waals surface area (Å²) in [6.07, 6.45) is 2.98. The Morgan fingerprint density at radius 1 is 0.920 bits per heavy atom. The monoisotopic (exact) mass is 334 g/mol. The van der Waals surface area contributed by atoms with Crippen molar-refractivity contribution in [1.82, 2.24) is 15.3 Å². The number of nitrogens with one attached hydrogen (secondary N) is 2. The first-order chi connectivity index (χ1) is 12.2. The van der Waals surface area contributed by atoms with Crippen LogP contribution in [-0.4, -0.2) is 21.0 Å². The van der Waals surface area contributed by atoms with Gasteiger partial charge in [-0.05, 0) is 23.3 Å².